The number of nitrogens with one attached hydrogen (secondary N) is 1. The van der Waals surface area contributed by atoms with Gasteiger partial charge >= 0.3 is 0 Å². The molecule has 0 aromatic carbocycles. The van der Waals surface area contributed by atoms with Crippen molar-refractivity contribution in [3.63, 3.8) is 0 Å². The van der Waals surface area contributed by atoms with Gasteiger partial charge in [-0.2, -0.15) is 0 Å². The van der Waals surface area contributed by atoms with Gasteiger partial charge in [-0.25, -0.2) is 0 Å². The first-order valence-electron chi connectivity index (χ1n) is 5.23. The van der Waals surface area contributed by atoms with E-state index in [9.17, 15) is 0 Å². The minimum Gasteiger partial charge on any atom is -0.321 e. The van der Waals surface area contributed by atoms with Crippen molar-refractivity contribution in [1.29, 1.82) is 0 Å². The Kier molecular flexibility index (Phi) is 1.74. The second kappa shape index (κ2) is 2.46. The van der Waals surface area contributed by atoms with E-state index in [0.29, 0.717) is 5.54 Å². The Morgan fingerprint density at radius 2 is 1.33 bits per heavy atom. The van der Waals surface area contributed by atoms with Crippen molar-refractivity contribution in [2.75, 3.05) is 39.3 Å². The van der Waals surface area contributed by atoms with Gasteiger partial charge in [0.1, 0.15) is 39.3 Å². The molecule has 0 radical (unpaired) electrons. The molecule has 2 nitrogen and oxygen atoms in total. The van der Waals surface area contributed by atoms with Gasteiger partial charge in [-0.1, -0.05) is 0 Å². The number of piperazine rings is 3. The largest absolute Gasteiger partial charge is 0.321 e. The van der Waals surface area contributed by atoms with Crippen LogP contribution in [0.3, 0.4) is 0 Å². The molecular weight excluding hydrogens is 148 g/mol. The van der Waals surface area contributed by atoms with E-state index in [1.165, 1.54) is 43.8 Å². The van der Waals surface area contributed by atoms with Crippen LogP contribution in [0.25, 0.3) is 0 Å². The van der Waals surface area contributed by atoms with E-state index < -0.39 is 0 Å². The third kappa shape index (κ3) is 1.09. The van der Waals surface area contributed by atoms with Gasteiger partial charge in [-0.15, -0.1) is 0 Å². The molecule has 0 aromatic heterocycles. The fourth-order valence-corrected chi connectivity index (χ4v) is 2.83. The van der Waals surface area contributed by atoms with E-state index in [0.717, 1.165) is 0 Å². The summed E-state index contributed by atoms with van der Waals surface area (Å²) >= 11 is 0. The molecule has 3 aliphatic rings. The van der Waals surface area contributed by atoms with Gasteiger partial charge < -0.3 is 9.38 Å². The lowest BCUT2D eigenvalue weighted by Crippen LogP contribution is -3.19. The Hall–Kier alpha value is -0.0800. The van der Waals surface area contributed by atoms with E-state index in [4.69, 9.17) is 0 Å². The predicted molar refractivity (Wildman–Crippen MR) is 50.2 cm³/mol. The third-order valence-corrected chi connectivity index (χ3v) is 4.10. The van der Waals surface area contributed by atoms with E-state index in [2.05, 4.69) is 20.8 Å². The highest BCUT2D eigenvalue weighted by Gasteiger charge is 2.48. The molecule has 0 amide bonds. The van der Waals surface area contributed by atoms with E-state index in [-0.39, 0.29) is 0 Å². The smallest absolute Gasteiger partial charge is 0.129 e. The molecule has 3 fully saturated rings. The van der Waals surface area contributed by atoms with Crippen LogP contribution in [0.2, 0.25) is 0 Å². The lowest BCUT2D eigenvalue weighted by atomic mass is 9.96. The monoisotopic (exact) mass is 170 g/mol. The molecule has 3 heterocycles. The van der Waals surface area contributed by atoms with Crippen molar-refractivity contribution in [3.8, 4) is 0 Å². The molecule has 3 rings (SSSR count). The summed E-state index contributed by atoms with van der Waals surface area (Å²) < 4.78 is 1.39. The summed E-state index contributed by atoms with van der Waals surface area (Å²) in [6.45, 7) is 15.7. The first-order chi connectivity index (χ1) is 5.54. The van der Waals surface area contributed by atoms with Crippen LogP contribution in [-0.4, -0.2) is 49.3 Å². The molecule has 2 heteroatoms. The van der Waals surface area contributed by atoms with Crippen LogP contribution in [-0.2, 0) is 0 Å². The maximum atomic E-state index is 2.41. The molecule has 0 saturated carbocycles. The van der Waals surface area contributed by atoms with Crippen LogP contribution in [0.15, 0.2) is 0 Å². The first kappa shape index (κ1) is 8.52. The second-order valence-electron chi connectivity index (χ2n) is 5.49. The van der Waals surface area contributed by atoms with Gasteiger partial charge in [0.05, 0.1) is 5.54 Å². The molecule has 3 saturated heterocycles. The Morgan fingerprint density at radius 3 is 1.58 bits per heavy atom. The van der Waals surface area contributed by atoms with Crippen LogP contribution in [0.1, 0.15) is 20.8 Å². The molecule has 3 aliphatic heterocycles. The summed E-state index contributed by atoms with van der Waals surface area (Å²) in [5.74, 6) is 0. The number of rotatable bonds is 0. The molecule has 70 valence electrons. The molecule has 0 spiro atoms. The minimum atomic E-state index is 0.478. The lowest BCUT2D eigenvalue weighted by molar-refractivity contribution is -1.09. The van der Waals surface area contributed by atoms with E-state index in [1.54, 1.807) is 0 Å². The topological polar surface area (TPSA) is 4.44 Å². The molecule has 0 atom stereocenters. The summed E-state index contributed by atoms with van der Waals surface area (Å²) in [6.07, 6.45) is 0. The van der Waals surface area contributed by atoms with Gasteiger partial charge in [0.2, 0.25) is 0 Å². The summed E-state index contributed by atoms with van der Waals surface area (Å²) in [6, 6.07) is 0. The van der Waals surface area contributed by atoms with Crippen LogP contribution >= 0.6 is 0 Å². The van der Waals surface area contributed by atoms with Gasteiger partial charge in [0.15, 0.2) is 0 Å². The van der Waals surface area contributed by atoms with Crippen molar-refractivity contribution in [2.24, 2.45) is 0 Å². The summed E-state index contributed by atoms with van der Waals surface area (Å²) in [5.41, 5.74) is 0.478. The molecule has 0 aliphatic carbocycles. The molecule has 0 unspecified atom stereocenters. The zero-order chi connectivity index (χ0) is 8.82. The molecule has 2 bridgehead atoms. The van der Waals surface area contributed by atoms with Crippen molar-refractivity contribution in [1.82, 2.24) is 0 Å². The van der Waals surface area contributed by atoms with Crippen molar-refractivity contribution in [2.45, 2.75) is 26.3 Å². The highest BCUT2D eigenvalue weighted by molar-refractivity contribution is 4.68. The highest BCUT2D eigenvalue weighted by Crippen LogP contribution is 2.25. The maximum absolute atomic E-state index is 2.41. The van der Waals surface area contributed by atoms with Crippen molar-refractivity contribution in [3.05, 3.63) is 0 Å². The summed E-state index contributed by atoms with van der Waals surface area (Å²) in [4.78, 5) is 1.85. The van der Waals surface area contributed by atoms with E-state index in [1.807, 2.05) is 4.90 Å². The third-order valence-electron chi connectivity index (χ3n) is 4.10. The van der Waals surface area contributed by atoms with Gasteiger partial charge in [0, 0.05) is 0 Å². The Morgan fingerprint density at radius 1 is 0.917 bits per heavy atom. The average molecular weight is 170 g/mol. The Bertz CT molecular complexity index is 159. The minimum absolute atomic E-state index is 0.478. The fraction of sp³-hybridized carbons (Fsp3) is 1.00. The zero-order valence-electron chi connectivity index (χ0n) is 8.69. The van der Waals surface area contributed by atoms with Crippen LogP contribution in [0.5, 0.6) is 0 Å². The number of quaternary nitrogens is 2. The summed E-state index contributed by atoms with van der Waals surface area (Å²) in [5, 5.41) is 0. The first-order valence-corrected chi connectivity index (χ1v) is 5.23. The zero-order valence-corrected chi connectivity index (χ0v) is 8.69. The van der Waals surface area contributed by atoms with Gasteiger partial charge in [0.25, 0.3) is 0 Å². The van der Waals surface area contributed by atoms with E-state index >= 15 is 0 Å². The number of hydrogen-bond acceptors (Lipinski definition) is 0. The average Bonchev–Trinajstić information content (AvgIpc) is 2.06. The quantitative estimate of drug-likeness (QED) is 0.468. The Labute approximate surface area is 75.7 Å². The van der Waals surface area contributed by atoms with Gasteiger partial charge in [-0.05, 0) is 20.8 Å². The molecular formula is C10H22N2+2. The SMILES string of the molecule is CC(C)(C)[N+]12CC[NH+](CC1)CC2. The number of hydrogen-bond donors (Lipinski definition) is 1. The lowest BCUT2D eigenvalue weighted by Gasteiger charge is -2.55. The standard InChI is InChI=1S/C10H21N2/c1-10(2,3)12-7-4-11(5-8-12)6-9-12/h4-9H2,1-3H3/q+1/p+1. The van der Waals surface area contributed by atoms with Crippen molar-refractivity contribution < 1.29 is 9.38 Å². The normalized spacial score (nSPS) is 41.8. The molecule has 1 N–H and O–H groups in total. The Balaban J connectivity index is 2.19. The van der Waals surface area contributed by atoms with Crippen LogP contribution in [0.4, 0.5) is 0 Å². The number of fused-ring (bicyclic) bond motifs is 3. The van der Waals surface area contributed by atoms with Gasteiger partial charge in [-0.3, -0.25) is 0 Å². The molecule has 0 aromatic rings. The predicted octanol–water partition coefficient (Wildman–Crippen LogP) is -0.486. The summed E-state index contributed by atoms with van der Waals surface area (Å²) in [7, 11) is 0. The highest BCUT2D eigenvalue weighted by atomic mass is 15.5. The van der Waals surface area contributed by atoms with Crippen LogP contribution < -0.4 is 4.90 Å². The van der Waals surface area contributed by atoms with Crippen molar-refractivity contribution >= 4 is 0 Å². The number of nitrogens with zero attached hydrogens (tertiary/aromatic N) is 1. The van der Waals surface area contributed by atoms with Crippen LogP contribution in [0, 0.1) is 0 Å². The second-order valence-corrected chi connectivity index (χ2v) is 5.49. The fourth-order valence-electron chi connectivity index (χ4n) is 2.83. The maximum Gasteiger partial charge on any atom is 0.129 e. The molecule has 12 heavy (non-hydrogen) atoms.